The van der Waals surface area contributed by atoms with Crippen LogP contribution in [0.4, 0.5) is 0 Å². The van der Waals surface area contributed by atoms with E-state index in [9.17, 15) is 9.59 Å². The smallest absolute Gasteiger partial charge is 0.237 e. The topological polar surface area (TPSA) is 64.7 Å². The Kier molecular flexibility index (Phi) is 12.6. The summed E-state index contributed by atoms with van der Waals surface area (Å²) in [5.41, 5.74) is 0. The molecule has 0 aliphatic heterocycles. The monoisotopic (exact) mass is 342 g/mol. The zero-order valence-electron chi connectivity index (χ0n) is 16.5. The molecule has 2 N–H and O–H groups in total. The number of nitrogens with zero attached hydrogens (tertiary/aromatic N) is 2. The van der Waals surface area contributed by atoms with Crippen LogP contribution >= 0.6 is 0 Å². The average molecular weight is 343 g/mol. The van der Waals surface area contributed by atoms with Crippen molar-refractivity contribution in [1.82, 2.24) is 20.4 Å². The fourth-order valence-corrected chi connectivity index (χ4v) is 2.30. The van der Waals surface area contributed by atoms with E-state index in [0.29, 0.717) is 0 Å². The normalized spacial score (nSPS) is 13.8. The van der Waals surface area contributed by atoms with Crippen LogP contribution in [0.2, 0.25) is 0 Å². The van der Waals surface area contributed by atoms with Crippen LogP contribution in [0.25, 0.3) is 0 Å². The molecule has 0 aromatic carbocycles. The molecule has 0 saturated carbocycles. The molecule has 0 saturated heterocycles. The van der Waals surface area contributed by atoms with Gasteiger partial charge in [0, 0.05) is 13.1 Å². The van der Waals surface area contributed by atoms with Gasteiger partial charge in [0.15, 0.2) is 0 Å². The molecule has 0 bridgehead atoms. The highest BCUT2D eigenvalue weighted by atomic mass is 16.2. The van der Waals surface area contributed by atoms with Crippen molar-refractivity contribution in [3.05, 3.63) is 0 Å². The van der Waals surface area contributed by atoms with Gasteiger partial charge in [-0.1, -0.05) is 13.8 Å². The van der Waals surface area contributed by atoms with Gasteiger partial charge in [0.2, 0.25) is 11.8 Å². The Morgan fingerprint density at radius 1 is 0.792 bits per heavy atom. The van der Waals surface area contributed by atoms with E-state index in [1.165, 1.54) is 0 Å². The lowest BCUT2D eigenvalue weighted by Crippen LogP contribution is -2.44. The van der Waals surface area contributed by atoms with Crippen LogP contribution in [0.5, 0.6) is 0 Å². The molecule has 0 radical (unpaired) electrons. The summed E-state index contributed by atoms with van der Waals surface area (Å²) in [4.78, 5) is 28.0. The average Bonchev–Trinajstić information content (AvgIpc) is 2.59. The molecule has 0 spiro atoms. The van der Waals surface area contributed by atoms with E-state index >= 15 is 0 Å². The maximum Gasteiger partial charge on any atom is 0.237 e. The van der Waals surface area contributed by atoms with Gasteiger partial charge in [0.1, 0.15) is 0 Å². The van der Waals surface area contributed by atoms with Gasteiger partial charge in [-0.05, 0) is 66.7 Å². The van der Waals surface area contributed by atoms with Gasteiger partial charge in [0.25, 0.3) is 0 Å². The van der Waals surface area contributed by atoms with Crippen molar-refractivity contribution >= 4 is 11.8 Å². The standard InChI is InChI=1S/C18H38N4O2/c1-7-11-19-17(23)15(3)21(5)13-9-10-14-22(6)16(4)18(24)20-12-8-2/h15-16H,7-14H2,1-6H3,(H,19,23)(H,20,24)/t15-,16-/m1/s1. The van der Waals surface area contributed by atoms with Crippen LogP contribution in [0, 0.1) is 0 Å². The van der Waals surface area contributed by atoms with E-state index in [-0.39, 0.29) is 23.9 Å². The largest absolute Gasteiger partial charge is 0.355 e. The van der Waals surface area contributed by atoms with Crippen molar-refractivity contribution in [2.45, 2.75) is 65.5 Å². The first kappa shape index (κ1) is 22.9. The molecular weight excluding hydrogens is 304 g/mol. The van der Waals surface area contributed by atoms with E-state index in [2.05, 4.69) is 34.3 Å². The summed E-state index contributed by atoms with van der Waals surface area (Å²) in [5, 5.41) is 5.86. The second-order valence-corrected chi connectivity index (χ2v) is 6.60. The molecule has 2 amide bonds. The van der Waals surface area contributed by atoms with E-state index in [1.807, 2.05) is 27.9 Å². The second-order valence-electron chi connectivity index (χ2n) is 6.60. The summed E-state index contributed by atoms with van der Waals surface area (Å²) >= 11 is 0. The van der Waals surface area contributed by atoms with Crippen LogP contribution in [0.3, 0.4) is 0 Å². The van der Waals surface area contributed by atoms with Gasteiger partial charge in [-0.3, -0.25) is 19.4 Å². The van der Waals surface area contributed by atoms with Crippen LogP contribution < -0.4 is 10.6 Å². The highest BCUT2D eigenvalue weighted by Crippen LogP contribution is 2.03. The van der Waals surface area contributed by atoms with Crippen LogP contribution in [0.15, 0.2) is 0 Å². The van der Waals surface area contributed by atoms with Gasteiger partial charge in [-0.2, -0.15) is 0 Å². The summed E-state index contributed by atoms with van der Waals surface area (Å²) in [6, 6.07) is -0.207. The molecule has 24 heavy (non-hydrogen) atoms. The van der Waals surface area contributed by atoms with Crippen LogP contribution in [-0.2, 0) is 9.59 Å². The molecule has 6 nitrogen and oxygen atoms in total. The predicted octanol–water partition coefficient (Wildman–Crippen LogP) is 1.46. The van der Waals surface area contributed by atoms with E-state index in [4.69, 9.17) is 0 Å². The highest BCUT2D eigenvalue weighted by molar-refractivity contribution is 5.81. The van der Waals surface area contributed by atoms with E-state index in [1.54, 1.807) is 0 Å². The fourth-order valence-electron chi connectivity index (χ4n) is 2.30. The first-order valence-corrected chi connectivity index (χ1v) is 9.30. The fraction of sp³-hybridized carbons (Fsp3) is 0.889. The van der Waals surface area contributed by atoms with Gasteiger partial charge in [-0.25, -0.2) is 0 Å². The highest BCUT2D eigenvalue weighted by Gasteiger charge is 2.18. The zero-order valence-corrected chi connectivity index (χ0v) is 16.5. The number of nitrogens with one attached hydrogen (secondary N) is 2. The van der Waals surface area contributed by atoms with Crippen molar-refractivity contribution in [3.8, 4) is 0 Å². The first-order valence-electron chi connectivity index (χ1n) is 9.30. The molecule has 0 aliphatic rings. The van der Waals surface area contributed by atoms with Crippen molar-refractivity contribution in [1.29, 1.82) is 0 Å². The number of rotatable bonds is 13. The summed E-state index contributed by atoms with van der Waals surface area (Å²) < 4.78 is 0. The molecule has 0 aromatic rings. The Hall–Kier alpha value is -1.14. The lowest BCUT2D eigenvalue weighted by molar-refractivity contribution is -0.126. The quantitative estimate of drug-likeness (QED) is 0.497. The van der Waals surface area contributed by atoms with Crippen molar-refractivity contribution < 1.29 is 9.59 Å². The third kappa shape index (κ3) is 9.23. The number of unbranched alkanes of at least 4 members (excludes halogenated alkanes) is 1. The summed E-state index contributed by atoms with van der Waals surface area (Å²) in [5.74, 6) is 0.190. The van der Waals surface area contributed by atoms with Gasteiger partial charge in [-0.15, -0.1) is 0 Å². The number of likely N-dealkylation sites (N-methyl/N-ethyl adjacent to an activating group) is 2. The Bertz CT molecular complexity index is 329. The van der Waals surface area contributed by atoms with E-state index < -0.39 is 0 Å². The minimum absolute atomic E-state index is 0.0951. The third-order valence-electron chi connectivity index (χ3n) is 4.45. The summed E-state index contributed by atoms with van der Waals surface area (Å²) in [7, 11) is 3.97. The molecule has 2 atom stereocenters. The molecule has 0 rings (SSSR count). The van der Waals surface area contributed by atoms with Crippen molar-refractivity contribution in [2.75, 3.05) is 40.3 Å². The maximum absolute atomic E-state index is 11.9. The molecule has 0 unspecified atom stereocenters. The molecule has 0 aromatic heterocycles. The lowest BCUT2D eigenvalue weighted by atomic mass is 10.2. The Labute approximate surface area is 148 Å². The minimum Gasteiger partial charge on any atom is -0.355 e. The molecular formula is C18H38N4O2. The predicted molar refractivity (Wildman–Crippen MR) is 100 cm³/mol. The van der Waals surface area contributed by atoms with Gasteiger partial charge in [0.05, 0.1) is 12.1 Å². The number of hydrogen-bond donors (Lipinski definition) is 2. The summed E-state index contributed by atoms with van der Waals surface area (Å²) in [6.45, 7) is 11.2. The minimum atomic E-state index is -0.104. The van der Waals surface area contributed by atoms with E-state index in [0.717, 1.165) is 51.9 Å². The second kappa shape index (κ2) is 13.2. The molecule has 6 heteroatoms. The van der Waals surface area contributed by atoms with Crippen molar-refractivity contribution in [3.63, 3.8) is 0 Å². The Morgan fingerprint density at radius 3 is 1.42 bits per heavy atom. The lowest BCUT2D eigenvalue weighted by Gasteiger charge is -2.26. The first-order chi connectivity index (χ1) is 11.3. The molecule has 142 valence electrons. The Morgan fingerprint density at radius 2 is 1.12 bits per heavy atom. The molecule has 0 fully saturated rings. The SMILES string of the molecule is CCCNC(=O)[C@@H](C)N(C)CCCCN(C)[C@H](C)C(=O)NCCC. The third-order valence-corrected chi connectivity index (χ3v) is 4.45. The number of amides is 2. The maximum atomic E-state index is 11.9. The summed E-state index contributed by atoms with van der Waals surface area (Å²) in [6.07, 6.45) is 3.93. The number of carbonyl (C=O) groups excluding carboxylic acids is 2. The molecule has 0 aliphatic carbocycles. The number of carbonyl (C=O) groups is 2. The number of hydrogen-bond acceptors (Lipinski definition) is 4. The van der Waals surface area contributed by atoms with Gasteiger partial charge >= 0.3 is 0 Å². The van der Waals surface area contributed by atoms with Crippen LogP contribution in [-0.4, -0.2) is 74.0 Å². The van der Waals surface area contributed by atoms with Crippen LogP contribution in [0.1, 0.15) is 53.4 Å². The zero-order chi connectivity index (χ0) is 18.5. The Balaban J connectivity index is 3.98. The van der Waals surface area contributed by atoms with Crippen molar-refractivity contribution in [2.24, 2.45) is 0 Å². The molecule has 0 heterocycles. The van der Waals surface area contributed by atoms with Gasteiger partial charge < -0.3 is 10.6 Å².